The zero-order valence-electron chi connectivity index (χ0n) is 10.5. The fourth-order valence-corrected chi connectivity index (χ4v) is 3.05. The molecule has 0 bridgehead atoms. The summed E-state index contributed by atoms with van der Waals surface area (Å²) in [5, 5.41) is 13.1. The lowest BCUT2D eigenvalue weighted by Crippen LogP contribution is -2.31. The van der Waals surface area contributed by atoms with Gasteiger partial charge in [-0.15, -0.1) is 0 Å². The summed E-state index contributed by atoms with van der Waals surface area (Å²) in [4.78, 5) is 3.97. The minimum atomic E-state index is -0.634. The van der Waals surface area contributed by atoms with Crippen LogP contribution >= 0.6 is 82.6 Å². The number of nitrogen functional groups attached to an aromatic ring is 1. The molecule has 0 spiro atoms. The number of alkyl halides is 3. The van der Waals surface area contributed by atoms with E-state index in [-0.39, 0.29) is 28.0 Å². The van der Waals surface area contributed by atoms with Crippen molar-refractivity contribution in [1.82, 2.24) is 14.8 Å². The highest BCUT2D eigenvalue weighted by Gasteiger charge is 2.22. The third-order valence-corrected chi connectivity index (χ3v) is 4.28. The zero-order valence-corrected chi connectivity index (χ0v) is 17.6. The number of aromatic nitrogens is 3. The number of halogens is 6. The Morgan fingerprint density at radius 1 is 1.23 bits per heavy atom. The molecule has 0 aliphatic carbocycles. The molecule has 0 unspecified atom stereocenters. The van der Waals surface area contributed by atoms with E-state index in [1.807, 2.05) is 0 Å². The van der Waals surface area contributed by atoms with Crippen molar-refractivity contribution in [1.29, 1.82) is 5.41 Å². The van der Waals surface area contributed by atoms with Crippen LogP contribution in [0.25, 0.3) is 11.3 Å². The van der Waals surface area contributed by atoms with Crippen LogP contribution in [0.15, 0.2) is 12.1 Å². The first kappa shape index (κ1) is 18.5. The molecule has 0 radical (unpaired) electrons. The van der Waals surface area contributed by atoms with Gasteiger partial charge in [-0.25, -0.2) is 4.68 Å². The number of nitrogens with zero attached hydrogens (tertiary/aromatic N) is 3. The van der Waals surface area contributed by atoms with Crippen LogP contribution in [-0.2, 0) is 6.54 Å². The molecule has 0 aliphatic rings. The van der Waals surface area contributed by atoms with Crippen LogP contribution in [0.4, 0.5) is 5.82 Å². The fraction of sp³-hybridized carbons (Fsp3) is 0.182. The van der Waals surface area contributed by atoms with Crippen molar-refractivity contribution >= 4 is 88.4 Å². The first-order valence-corrected chi connectivity index (χ1v) is 9.10. The number of hydrogen-bond acceptors (Lipinski definition) is 4. The Kier molecular flexibility index (Phi) is 5.83. The lowest BCUT2D eigenvalue weighted by atomic mass is 10.1. The van der Waals surface area contributed by atoms with Crippen molar-refractivity contribution in [3.8, 4) is 11.3 Å². The summed E-state index contributed by atoms with van der Waals surface area (Å²) in [6, 6.07) is 3.11. The Labute approximate surface area is 166 Å². The number of rotatable bonds is 2. The van der Waals surface area contributed by atoms with Gasteiger partial charge < -0.3 is 5.73 Å². The average Bonchev–Trinajstić information content (AvgIpc) is 2.36. The smallest absolute Gasteiger partial charge is 0.240 e. The molecule has 0 saturated carbocycles. The second-order valence-electron chi connectivity index (χ2n) is 4.19. The van der Waals surface area contributed by atoms with Crippen molar-refractivity contribution in [2.45, 2.75) is 8.69 Å². The van der Waals surface area contributed by atoms with Crippen LogP contribution in [0.5, 0.6) is 0 Å². The van der Waals surface area contributed by atoms with Gasteiger partial charge in [-0.05, 0) is 12.1 Å². The number of benzene rings is 1. The molecule has 1 aromatic heterocycles. The normalized spacial score (nSPS) is 11.7. The molecule has 0 aliphatic heterocycles. The highest BCUT2D eigenvalue weighted by Crippen LogP contribution is 2.38. The van der Waals surface area contributed by atoms with Gasteiger partial charge in [-0.3, -0.25) is 5.41 Å². The van der Waals surface area contributed by atoms with Gasteiger partial charge in [-0.1, -0.05) is 82.6 Å². The molecular weight excluding hydrogens is 548 g/mol. The monoisotopic (exact) mass is 551 g/mol. The van der Waals surface area contributed by atoms with Crippen LogP contribution in [0.3, 0.4) is 0 Å². The van der Waals surface area contributed by atoms with Crippen molar-refractivity contribution in [2.24, 2.45) is 0 Å². The van der Waals surface area contributed by atoms with Gasteiger partial charge in [0.2, 0.25) is 5.62 Å². The van der Waals surface area contributed by atoms with Gasteiger partial charge in [0, 0.05) is 10.6 Å². The van der Waals surface area contributed by atoms with Crippen molar-refractivity contribution in [2.75, 3.05) is 5.73 Å². The predicted molar refractivity (Wildman–Crippen MR) is 100 cm³/mol. The van der Waals surface area contributed by atoms with E-state index in [2.05, 4.69) is 57.9 Å². The van der Waals surface area contributed by atoms with Crippen LogP contribution < -0.4 is 11.4 Å². The first-order chi connectivity index (χ1) is 10.1. The Bertz CT molecular complexity index is 788. The van der Waals surface area contributed by atoms with Gasteiger partial charge in [0.05, 0.1) is 16.6 Å². The molecule has 0 saturated heterocycles. The summed E-state index contributed by atoms with van der Waals surface area (Å²) in [5.74, 6) is 0.0609. The predicted octanol–water partition coefficient (Wildman–Crippen LogP) is 4.81. The summed E-state index contributed by atoms with van der Waals surface area (Å²) in [5.41, 5.74) is 6.50. The topological polar surface area (TPSA) is 80.6 Å². The largest absolute Gasteiger partial charge is 0.382 e. The summed E-state index contributed by atoms with van der Waals surface area (Å²) in [6.45, 7) is 0.262. The van der Waals surface area contributed by atoms with Crippen molar-refractivity contribution in [3.63, 3.8) is 0 Å². The Hall–Kier alpha value is 0.140. The van der Waals surface area contributed by atoms with E-state index in [4.69, 9.17) is 45.9 Å². The summed E-state index contributed by atoms with van der Waals surface area (Å²) in [6.07, 6.45) is 0. The minimum absolute atomic E-state index is 0.0609. The fourth-order valence-electron chi connectivity index (χ4n) is 1.64. The number of nitrogens with two attached hydrogens (primary N) is 1. The van der Waals surface area contributed by atoms with Crippen molar-refractivity contribution < 1.29 is 0 Å². The molecule has 22 heavy (non-hydrogen) atoms. The molecule has 2 aromatic rings. The van der Waals surface area contributed by atoms with Gasteiger partial charge in [0.1, 0.15) is 5.69 Å². The van der Waals surface area contributed by atoms with Crippen LogP contribution in [0, 0.1) is 5.41 Å². The van der Waals surface area contributed by atoms with E-state index in [1.54, 1.807) is 6.07 Å². The minimum Gasteiger partial charge on any atom is -0.382 e. The van der Waals surface area contributed by atoms with Crippen LogP contribution in [0.2, 0.25) is 15.1 Å². The lowest BCUT2D eigenvalue weighted by Gasteiger charge is -2.16. The molecule has 1 heterocycles. The number of hydrogen-bond donors (Lipinski definition) is 2. The van der Waals surface area contributed by atoms with Gasteiger partial charge in [-0.2, -0.15) is 10.1 Å². The van der Waals surface area contributed by atoms with Crippen molar-refractivity contribution in [3.05, 3.63) is 32.8 Å². The molecule has 118 valence electrons. The third-order valence-electron chi connectivity index (χ3n) is 2.51. The molecule has 11 heteroatoms. The summed E-state index contributed by atoms with van der Waals surface area (Å²) >= 11 is 28.3. The maximum atomic E-state index is 7.85. The maximum Gasteiger partial charge on any atom is 0.240 e. The molecule has 0 amide bonds. The Balaban J connectivity index is 2.66. The molecule has 2 rings (SSSR count). The number of nitrogens with one attached hydrogen (secondary N) is 1. The highest BCUT2D eigenvalue weighted by molar-refractivity contribution is 9.39. The van der Waals surface area contributed by atoms with E-state index in [0.717, 1.165) is 0 Å². The maximum absolute atomic E-state index is 7.85. The number of anilines is 1. The Morgan fingerprint density at radius 3 is 2.45 bits per heavy atom. The van der Waals surface area contributed by atoms with E-state index in [0.29, 0.717) is 16.3 Å². The van der Waals surface area contributed by atoms with Gasteiger partial charge in [0.25, 0.3) is 0 Å². The quantitative estimate of drug-likeness (QED) is 0.413. The molecule has 0 atom stereocenters. The zero-order chi connectivity index (χ0) is 16.7. The second kappa shape index (κ2) is 6.94. The standard InChI is InChI=1S/C11H7Br3Cl3N5/c12-11(13,14)3-22-10(19)20-9(18)8(21-22)5-1-4(15)2-6(16)7(5)17/h1-2H,3H2,(H3,18,19,20). The highest BCUT2D eigenvalue weighted by atomic mass is 80.0. The molecule has 1 aromatic carbocycles. The SMILES string of the molecule is N=c1nc(N)c(-c2cc(Cl)cc(Cl)c2Cl)nn1CC(Br)(Br)Br. The van der Waals surface area contributed by atoms with Crippen LogP contribution in [0.1, 0.15) is 0 Å². The first-order valence-electron chi connectivity index (χ1n) is 5.59. The van der Waals surface area contributed by atoms with E-state index in [1.165, 1.54) is 10.7 Å². The van der Waals surface area contributed by atoms with Crippen LogP contribution in [-0.4, -0.2) is 16.9 Å². The van der Waals surface area contributed by atoms with Gasteiger partial charge in [0.15, 0.2) is 7.96 Å². The molecular formula is C11H7Br3Cl3N5. The van der Waals surface area contributed by atoms with E-state index >= 15 is 0 Å². The second-order valence-corrected chi connectivity index (χ2v) is 12.7. The summed E-state index contributed by atoms with van der Waals surface area (Å²) < 4.78 is 0.709. The van der Waals surface area contributed by atoms with E-state index < -0.39 is 2.14 Å². The molecule has 3 N–H and O–H groups in total. The van der Waals surface area contributed by atoms with Gasteiger partial charge >= 0.3 is 0 Å². The van der Waals surface area contributed by atoms with E-state index in [9.17, 15) is 0 Å². The Morgan fingerprint density at radius 2 is 1.86 bits per heavy atom. The third kappa shape index (κ3) is 4.36. The summed E-state index contributed by atoms with van der Waals surface area (Å²) in [7, 11) is 0. The lowest BCUT2D eigenvalue weighted by molar-refractivity contribution is 0.569. The molecule has 5 nitrogen and oxygen atoms in total. The molecule has 0 fully saturated rings. The average molecular weight is 555 g/mol.